The normalized spacial score (nSPS) is 13.4. The second kappa shape index (κ2) is 8.76. The maximum absolute atomic E-state index is 5.27. The van der Waals surface area contributed by atoms with Gasteiger partial charge in [0.2, 0.25) is 0 Å². The van der Waals surface area contributed by atoms with Gasteiger partial charge in [-0.1, -0.05) is 0 Å². The minimum absolute atomic E-state index is 1.00. The Kier molecular flexibility index (Phi) is 5.15. The van der Waals surface area contributed by atoms with E-state index in [1.807, 2.05) is 0 Å². The van der Waals surface area contributed by atoms with Crippen molar-refractivity contribution in [1.82, 2.24) is 9.38 Å². The van der Waals surface area contributed by atoms with Gasteiger partial charge in [-0.05, 0) is 0 Å². The number of hydrogen-bond donors (Lipinski definition) is 0. The van der Waals surface area contributed by atoms with Gasteiger partial charge in [0.05, 0.1) is 0 Å². The van der Waals surface area contributed by atoms with Crippen LogP contribution in [0.3, 0.4) is 0 Å². The number of para-hydroxylation sites is 2. The summed E-state index contributed by atoms with van der Waals surface area (Å²) in [7, 11) is 0. The van der Waals surface area contributed by atoms with Crippen LogP contribution in [0.15, 0.2) is 140 Å². The van der Waals surface area contributed by atoms with E-state index < -0.39 is 5.51 Å². The Labute approximate surface area is 233 Å². The number of benzene rings is 6. The number of hydrogen-bond acceptors (Lipinski definition) is 1. The molecule has 0 fully saturated rings. The molecule has 39 heavy (non-hydrogen) atoms. The number of imidazole rings is 1. The fourth-order valence-corrected chi connectivity index (χ4v) is 11.3. The third kappa shape index (κ3) is 3.35. The number of fused-ring (bicyclic) bond motifs is 9. The van der Waals surface area contributed by atoms with E-state index in [9.17, 15) is 0 Å². The Morgan fingerprint density at radius 2 is 1.23 bits per heavy atom. The third-order valence-corrected chi connectivity index (χ3v) is 14.8. The Morgan fingerprint density at radius 3 is 2.08 bits per heavy atom. The van der Waals surface area contributed by atoms with Crippen LogP contribution in [0.1, 0.15) is 0 Å². The zero-order valence-electron chi connectivity index (χ0n) is 21.0. The van der Waals surface area contributed by atoms with Crippen LogP contribution in [0.5, 0.6) is 0 Å². The quantitative estimate of drug-likeness (QED) is 0.121. The molecule has 0 radical (unpaired) electrons. The van der Waals surface area contributed by atoms with Gasteiger partial charge in [-0.15, -0.1) is 0 Å². The van der Waals surface area contributed by atoms with Gasteiger partial charge < -0.3 is 0 Å². The summed E-state index contributed by atoms with van der Waals surface area (Å²) in [6.07, 6.45) is 0. The molecule has 0 N–H and O–H groups in total. The van der Waals surface area contributed by atoms with E-state index in [0.717, 1.165) is 11.2 Å². The molecule has 2 heterocycles. The van der Waals surface area contributed by atoms with Crippen molar-refractivity contribution < 1.29 is 0 Å². The Morgan fingerprint density at radius 1 is 0.538 bits per heavy atom. The monoisotopic (exact) mass is 582 g/mol. The summed E-state index contributed by atoms with van der Waals surface area (Å²) in [4.78, 5) is 5.27. The molecular weight excluding hydrogens is 558 g/mol. The number of nitrogens with zero attached hydrogens (tertiary/aromatic N) is 2. The summed E-state index contributed by atoms with van der Waals surface area (Å²) in [5.41, 5.74) is 2.21. The van der Waals surface area contributed by atoms with E-state index in [1.165, 1.54) is 53.9 Å². The van der Waals surface area contributed by atoms with Crippen LogP contribution in [0.4, 0.5) is 0 Å². The summed E-state index contributed by atoms with van der Waals surface area (Å²) in [5, 5.41) is 10.1. The van der Waals surface area contributed by atoms with Crippen LogP contribution < -0.4 is 15.9 Å². The van der Waals surface area contributed by atoms with Crippen molar-refractivity contribution in [2.75, 3.05) is 0 Å². The van der Waals surface area contributed by atoms with E-state index in [4.69, 9.17) is 4.98 Å². The second-order valence-corrected chi connectivity index (χ2v) is 16.1. The molecule has 0 saturated carbocycles. The first kappa shape index (κ1) is 22.9. The van der Waals surface area contributed by atoms with Crippen LogP contribution in [0.2, 0.25) is 0 Å². The van der Waals surface area contributed by atoms with Gasteiger partial charge >= 0.3 is 235 Å². The zero-order valence-corrected chi connectivity index (χ0v) is 23.6. The van der Waals surface area contributed by atoms with E-state index in [2.05, 4.69) is 159 Å². The Hall–Kier alpha value is -4.00. The molecule has 184 valence electrons. The number of pyridine rings is 1. The molecule has 8 aromatic rings. The Balaban J connectivity index is 1.57. The fraction of sp³-hybridized carbons (Fsp3) is 0. The van der Waals surface area contributed by atoms with Gasteiger partial charge in [0, 0.05) is 0 Å². The van der Waals surface area contributed by atoms with Gasteiger partial charge in [-0.25, -0.2) is 0 Å². The molecule has 4 heteroatoms. The molecule has 2 nitrogen and oxygen atoms in total. The molecule has 8 rings (SSSR count). The summed E-state index contributed by atoms with van der Waals surface area (Å²) in [6, 6.07) is 50.5. The van der Waals surface area contributed by atoms with E-state index in [1.54, 1.807) is 0 Å². The van der Waals surface area contributed by atoms with Crippen molar-refractivity contribution in [3.05, 3.63) is 140 Å². The van der Waals surface area contributed by atoms with Crippen molar-refractivity contribution in [1.29, 1.82) is 0 Å². The zero-order chi connectivity index (χ0) is 26.0. The van der Waals surface area contributed by atoms with Gasteiger partial charge in [-0.3, -0.25) is 0 Å². The molecule has 2 aromatic heterocycles. The molecule has 0 aliphatic carbocycles. The van der Waals surface area contributed by atoms with Gasteiger partial charge in [0.25, 0.3) is 0 Å². The second-order valence-electron chi connectivity index (χ2n) is 9.95. The number of rotatable bonds is 3. The molecule has 0 amide bonds. The third-order valence-electron chi connectivity index (χ3n) is 7.81. The van der Waals surface area contributed by atoms with Crippen LogP contribution in [-0.4, -0.2) is 24.5 Å². The summed E-state index contributed by atoms with van der Waals surface area (Å²) in [5.74, 6) is 0. The van der Waals surface area contributed by atoms with Crippen LogP contribution >= 0.6 is 5.51 Å². The summed E-state index contributed by atoms with van der Waals surface area (Å²) >= 11 is 3.81. The molecule has 0 saturated heterocycles. The van der Waals surface area contributed by atoms with Crippen LogP contribution in [-0.2, 0) is 0 Å². The predicted molar refractivity (Wildman–Crippen MR) is 170 cm³/mol. The van der Waals surface area contributed by atoms with Gasteiger partial charge in [-0.2, -0.15) is 0 Å². The maximum atomic E-state index is 5.27. The predicted octanol–water partition coefficient (Wildman–Crippen LogP) is 7.32. The Bertz CT molecular complexity index is 2270. The summed E-state index contributed by atoms with van der Waals surface area (Å²) < 4.78 is 2.40. The first-order valence-corrected chi connectivity index (χ1v) is 17.1. The molecular formula is C35H23N2PSe. The number of aromatic nitrogens is 2. The molecule has 0 aliphatic heterocycles. The topological polar surface area (TPSA) is 17.3 Å². The standard InChI is InChI=1S/C35H23N2PSe/c39-38(26-13-2-1-3-14-26,27-22-21-24-11-4-5-12-25(24)23-27)33-20-10-18-31-34(33)37-32-19-9-8-16-29(32)28-15-6-7-17-30(28)35(37)36-31/h1-23H. The van der Waals surface area contributed by atoms with E-state index in [-0.39, 0.29) is 0 Å². The molecule has 0 spiro atoms. The van der Waals surface area contributed by atoms with Crippen LogP contribution in [0, 0.1) is 0 Å². The molecule has 1 unspecified atom stereocenters. The van der Waals surface area contributed by atoms with Crippen molar-refractivity contribution in [3.63, 3.8) is 0 Å². The van der Waals surface area contributed by atoms with Crippen LogP contribution in [0.25, 0.3) is 49.1 Å². The first-order chi connectivity index (χ1) is 19.2. The van der Waals surface area contributed by atoms with Gasteiger partial charge in [0.1, 0.15) is 0 Å². The fourth-order valence-electron chi connectivity index (χ4n) is 6.03. The average Bonchev–Trinajstić information content (AvgIpc) is 3.41. The van der Waals surface area contributed by atoms with Gasteiger partial charge in [0.15, 0.2) is 0 Å². The van der Waals surface area contributed by atoms with Crippen molar-refractivity contribution in [3.8, 4) is 0 Å². The van der Waals surface area contributed by atoms with E-state index >= 15 is 0 Å². The molecule has 1 atom stereocenters. The SMILES string of the molecule is [Se]=P(c1ccccc1)(c1ccc2ccccc2c1)c1cccc2nc3c4ccccc4c4ccccc4n3c12. The summed E-state index contributed by atoms with van der Waals surface area (Å²) in [6.45, 7) is 0. The molecule has 0 aliphatic rings. The van der Waals surface area contributed by atoms with Crippen molar-refractivity contribution in [2.24, 2.45) is 0 Å². The van der Waals surface area contributed by atoms with Crippen molar-refractivity contribution in [2.45, 2.75) is 0 Å². The average molecular weight is 582 g/mol. The first-order valence-electron chi connectivity index (χ1n) is 13.1. The van der Waals surface area contributed by atoms with Crippen molar-refractivity contribution >= 4 is 85.6 Å². The minimum atomic E-state index is -2.17. The molecule has 0 bridgehead atoms. The molecule has 6 aromatic carbocycles. The van der Waals surface area contributed by atoms with E-state index in [0.29, 0.717) is 0 Å².